The van der Waals surface area contributed by atoms with Crippen molar-refractivity contribution in [2.75, 3.05) is 18.1 Å². The summed E-state index contributed by atoms with van der Waals surface area (Å²) in [5.74, 6) is 0.176. The molecule has 0 aromatic heterocycles. The summed E-state index contributed by atoms with van der Waals surface area (Å²) >= 11 is 0. The summed E-state index contributed by atoms with van der Waals surface area (Å²) in [5.41, 5.74) is 0.658. The van der Waals surface area contributed by atoms with E-state index in [0.29, 0.717) is 30.9 Å². The van der Waals surface area contributed by atoms with Crippen molar-refractivity contribution in [3.63, 3.8) is 0 Å². The van der Waals surface area contributed by atoms with Gasteiger partial charge in [-0.1, -0.05) is 0 Å². The summed E-state index contributed by atoms with van der Waals surface area (Å²) < 4.78 is 5.34. The van der Waals surface area contributed by atoms with E-state index in [4.69, 9.17) is 4.74 Å². The molecule has 1 heterocycles. The van der Waals surface area contributed by atoms with Crippen molar-refractivity contribution in [2.45, 2.75) is 6.92 Å². The molecule has 1 aromatic carbocycles. The Balaban J connectivity index is 2.53. The number of fused-ring (bicyclic) bond motifs is 1. The van der Waals surface area contributed by atoms with Gasteiger partial charge in [-0.05, 0) is 6.07 Å². The standard InChI is InChI=1S/C11H11NO4/c1-7(14)12-2-3-16-11-4-8(6-13)10(15)5-9(11)12/h4-6,15H,2-3H2,1H3. The molecule has 0 saturated heterocycles. The first-order chi connectivity index (χ1) is 7.63. The van der Waals surface area contributed by atoms with Gasteiger partial charge in [0.25, 0.3) is 0 Å². The molecule has 1 aliphatic rings. The van der Waals surface area contributed by atoms with Crippen LogP contribution in [0.25, 0.3) is 0 Å². The lowest BCUT2D eigenvalue weighted by molar-refractivity contribution is -0.116. The molecule has 1 aromatic rings. The Morgan fingerprint density at radius 1 is 1.56 bits per heavy atom. The zero-order chi connectivity index (χ0) is 11.7. The number of hydrogen-bond donors (Lipinski definition) is 1. The summed E-state index contributed by atoms with van der Waals surface area (Å²) in [4.78, 5) is 23.5. The maximum Gasteiger partial charge on any atom is 0.224 e. The van der Waals surface area contributed by atoms with Crippen LogP contribution in [0, 0.1) is 0 Å². The Hall–Kier alpha value is -2.04. The van der Waals surface area contributed by atoms with Crippen LogP contribution < -0.4 is 9.64 Å². The molecular weight excluding hydrogens is 210 g/mol. The number of aldehydes is 1. The lowest BCUT2D eigenvalue weighted by atomic mass is 10.1. The minimum absolute atomic E-state index is 0.122. The molecule has 1 N–H and O–H groups in total. The lowest BCUT2D eigenvalue weighted by Crippen LogP contribution is -2.36. The number of aromatic hydroxyl groups is 1. The number of benzene rings is 1. The van der Waals surface area contributed by atoms with E-state index in [0.717, 1.165) is 0 Å². The fourth-order valence-electron chi connectivity index (χ4n) is 1.69. The first-order valence-corrected chi connectivity index (χ1v) is 4.86. The highest BCUT2D eigenvalue weighted by molar-refractivity contribution is 5.95. The van der Waals surface area contributed by atoms with E-state index in [1.165, 1.54) is 24.0 Å². The molecule has 5 nitrogen and oxygen atoms in total. The van der Waals surface area contributed by atoms with Gasteiger partial charge >= 0.3 is 0 Å². The second kappa shape index (κ2) is 3.84. The molecule has 5 heteroatoms. The van der Waals surface area contributed by atoms with Crippen LogP contribution in [0.1, 0.15) is 17.3 Å². The van der Waals surface area contributed by atoms with Crippen LogP contribution in [-0.4, -0.2) is 30.5 Å². The largest absolute Gasteiger partial charge is 0.507 e. The molecule has 16 heavy (non-hydrogen) atoms. The SMILES string of the molecule is CC(=O)N1CCOc2cc(C=O)c(O)cc21. The summed E-state index contributed by atoms with van der Waals surface area (Å²) in [6.07, 6.45) is 0.547. The number of nitrogens with zero attached hydrogens (tertiary/aromatic N) is 1. The molecular formula is C11H11NO4. The van der Waals surface area contributed by atoms with Gasteiger partial charge in [-0.3, -0.25) is 9.59 Å². The van der Waals surface area contributed by atoms with E-state index in [1.807, 2.05) is 0 Å². The maximum atomic E-state index is 11.3. The van der Waals surface area contributed by atoms with Crippen molar-refractivity contribution in [1.82, 2.24) is 0 Å². The van der Waals surface area contributed by atoms with Crippen molar-refractivity contribution in [3.05, 3.63) is 17.7 Å². The number of ether oxygens (including phenoxy) is 1. The summed E-state index contributed by atoms with van der Waals surface area (Å²) in [5, 5.41) is 9.54. The van der Waals surface area contributed by atoms with Crippen molar-refractivity contribution < 1.29 is 19.4 Å². The number of carbonyl (C=O) groups excluding carboxylic acids is 2. The first-order valence-electron chi connectivity index (χ1n) is 4.86. The lowest BCUT2D eigenvalue weighted by Gasteiger charge is -2.28. The summed E-state index contributed by atoms with van der Waals surface area (Å²) in [6.45, 7) is 2.28. The zero-order valence-electron chi connectivity index (χ0n) is 8.77. The van der Waals surface area contributed by atoms with Crippen molar-refractivity contribution >= 4 is 17.9 Å². The van der Waals surface area contributed by atoms with Crippen molar-refractivity contribution in [1.29, 1.82) is 0 Å². The van der Waals surface area contributed by atoms with E-state index in [-0.39, 0.29) is 17.2 Å². The highest BCUT2D eigenvalue weighted by Gasteiger charge is 2.22. The molecule has 84 valence electrons. The van der Waals surface area contributed by atoms with Crippen molar-refractivity contribution in [2.24, 2.45) is 0 Å². The van der Waals surface area contributed by atoms with Gasteiger partial charge in [0.05, 0.1) is 17.8 Å². The van der Waals surface area contributed by atoms with Crippen LogP contribution in [0.2, 0.25) is 0 Å². The zero-order valence-corrected chi connectivity index (χ0v) is 8.77. The number of anilines is 1. The first kappa shape index (κ1) is 10.5. The highest BCUT2D eigenvalue weighted by atomic mass is 16.5. The van der Waals surface area contributed by atoms with Crippen LogP contribution in [0.5, 0.6) is 11.5 Å². The van der Waals surface area contributed by atoms with Gasteiger partial charge in [0, 0.05) is 13.0 Å². The van der Waals surface area contributed by atoms with E-state index in [2.05, 4.69) is 0 Å². The van der Waals surface area contributed by atoms with E-state index in [1.54, 1.807) is 0 Å². The Bertz CT molecular complexity index is 456. The number of phenols is 1. The third-order valence-electron chi connectivity index (χ3n) is 2.48. The van der Waals surface area contributed by atoms with Crippen LogP contribution in [-0.2, 0) is 4.79 Å². The van der Waals surface area contributed by atoms with Gasteiger partial charge < -0.3 is 14.7 Å². The van der Waals surface area contributed by atoms with Crippen LogP contribution >= 0.6 is 0 Å². The number of hydrogen-bond acceptors (Lipinski definition) is 4. The predicted octanol–water partition coefficient (Wildman–Crippen LogP) is 0.950. The summed E-state index contributed by atoms with van der Waals surface area (Å²) in [6, 6.07) is 2.81. The van der Waals surface area contributed by atoms with Crippen LogP contribution in [0.3, 0.4) is 0 Å². The molecule has 0 spiro atoms. The normalized spacial score (nSPS) is 13.9. The highest BCUT2D eigenvalue weighted by Crippen LogP contribution is 2.36. The molecule has 1 amide bonds. The van der Waals surface area contributed by atoms with E-state index < -0.39 is 0 Å². The van der Waals surface area contributed by atoms with Crippen LogP contribution in [0.4, 0.5) is 5.69 Å². The third-order valence-corrected chi connectivity index (χ3v) is 2.48. The predicted molar refractivity (Wildman–Crippen MR) is 57.0 cm³/mol. The Morgan fingerprint density at radius 3 is 2.94 bits per heavy atom. The number of rotatable bonds is 1. The average Bonchev–Trinajstić information content (AvgIpc) is 2.27. The molecule has 0 atom stereocenters. The number of amides is 1. The molecule has 0 aliphatic carbocycles. The van der Waals surface area contributed by atoms with Gasteiger partial charge in [0.15, 0.2) is 6.29 Å². The molecule has 0 fully saturated rings. The second-order valence-corrected chi connectivity index (χ2v) is 3.52. The van der Waals surface area contributed by atoms with Gasteiger partial charge in [-0.2, -0.15) is 0 Å². The minimum atomic E-state index is -0.148. The fraction of sp³-hybridized carbons (Fsp3) is 0.273. The molecule has 0 radical (unpaired) electrons. The van der Waals surface area contributed by atoms with Crippen molar-refractivity contribution in [3.8, 4) is 11.5 Å². The smallest absolute Gasteiger partial charge is 0.224 e. The molecule has 2 rings (SSSR count). The van der Waals surface area contributed by atoms with Gasteiger partial charge in [0.2, 0.25) is 5.91 Å². The van der Waals surface area contributed by atoms with E-state index in [9.17, 15) is 14.7 Å². The van der Waals surface area contributed by atoms with Gasteiger partial charge in [-0.15, -0.1) is 0 Å². The Morgan fingerprint density at radius 2 is 2.31 bits per heavy atom. The second-order valence-electron chi connectivity index (χ2n) is 3.52. The topological polar surface area (TPSA) is 66.8 Å². The summed E-state index contributed by atoms with van der Waals surface area (Å²) in [7, 11) is 0. The Kier molecular flexibility index (Phi) is 2.52. The minimum Gasteiger partial charge on any atom is -0.507 e. The number of phenolic OH excluding ortho intramolecular Hbond substituents is 1. The quantitative estimate of drug-likeness (QED) is 0.717. The van der Waals surface area contributed by atoms with Crippen LogP contribution in [0.15, 0.2) is 12.1 Å². The molecule has 0 bridgehead atoms. The Labute approximate surface area is 92.2 Å². The number of carbonyl (C=O) groups is 2. The van der Waals surface area contributed by atoms with Gasteiger partial charge in [-0.25, -0.2) is 0 Å². The molecule has 1 aliphatic heterocycles. The monoisotopic (exact) mass is 221 g/mol. The fourth-order valence-corrected chi connectivity index (χ4v) is 1.69. The average molecular weight is 221 g/mol. The molecule has 0 saturated carbocycles. The third kappa shape index (κ3) is 1.60. The van der Waals surface area contributed by atoms with E-state index >= 15 is 0 Å². The maximum absolute atomic E-state index is 11.3. The molecule has 0 unspecified atom stereocenters. The van der Waals surface area contributed by atoms with Gasteiger partial charge in [0.1, 0.15) is 18.1 Å².